The average Bonchev–Trinajstić information content (AvgIpc) is 4.02. The zero-order chi connectivity index (χ0) is 36.9. The van der Waals surface area contributed by atoms with Crippen molar-refractivity contribution in [3.8, 4) is 11.3 Å². The van der Waals surface area contributed by atoms with Gasteiger partial charge in [0.15, 0.2) is 0 Å². The Morgan fingerprint density at radius 3 is 2.58 bits per heavy atom. The number of hydrazine groups is 1. The molecule has 280 valence electrons. The summed E-state index contributed by atoms with van der Waals surface area (Å²) in [5.41, 5.74) is 9.66. The van der Waals surface area contributed by atoms with Crippen molar-refractivity contribution in [2.75, 3.05) is 20.3 Å². The van der Waals surface area contributed by atoms with Gasteiger partial charge in [-0.15, -0.1) is 0 Å². The number of cyclic esters (lactones) is 1. The van der Waals surface area contributed by atoms with Crippen LogP contribution >= 0.6 is 0 Å². The van der Waals surface area contributed by atoms with E-state index in [-0.39, 0.29) is 41.8 Å². The van der Waals surface area contributed by atoms with E-state index in [1.54, 1.807) is 12.1 Å². The van der Waals surface area contributed by atoms with E-state index in [0.29, 0.717) is 44.1 Å². The topological polar surface area (TPSA) is 115 Å². The lowest BCUT2D eigenvalue weighted by atomic mass is 9.83. The molecule has 2 saturated carbocycles. The molecule has 10 nitrogen and oxygen atoms in total. The minimum atomic E-state index is -0.650. The Hall–Kier alpha value is -3.76. The van der Waals surface area contributed by atoms with Gasteiger partial charge in [-0.25, -0.2) is 5.43 Å². The largest absolute Gasteiger partial charge is 0.464 e. The molecule has 1 aromatic carbocycles. The van der Waals surface area contributed by atoms with Crippen molar-refractivity contribution in [2.45, 2.75) is 118 Å². The number of esters is 1. The van der Waals surface area contributed by atoms with Gasteiger partial charge in [0.1, 0.15) is 12.1 Å². The number of nitrogens with zero attached hydrogens (tertiary/aromatic N) is 3. The molecule has 4 heterocycles. The van der Waals surface area contributed by atoms with Gasteiger partial charge in [0.25, 0.3) is 5.91 Å². The van der Waals surface area contributed by atoms with Crippen LogP contribution in [-0.4, -0.2) is 64.7 Å². The second-order valence-electron chi connectivity index (χ2n) is 17.0. The zero-order valence-corrected chi connectivity index (χ0v) is 32.1. The molecule has 1 spiro atoms. The lowest BCUT2D eigenvalue weighted by molar-refractivity contribution is -0.155. The SMILES string of the molecule is CCn1c(-c2cccnc2[C@H](C)OC)c2c3cc(ccc31)CC1(CC[C@H](NC(=O)C3[C@@H](C)[C@H]3C)C(=O)N3CCC[C@H](N3)C(=O)OCC(C)(C)C2)CC1. The predicted molar refractivity (Wildman–Crippen MR) is 201 cm³/mol. The molecule has 3 aromatic rings. The lowest BCUT2D eigenvalue weighted by Crippen LogP contribution is -2.60. The van der Waals surface area contributed by atoms with Crippen LogP contribution in [0, 0.1) is 28.6 Å². The molecule has 1 saturated heterocycles. The number of fused-ring (bicyclic) bond motifs is 3. The minimum absolute atomic E-state index is 0.0357. The summed E-state index contributed by atoms with van der Waals surface area (Å²) in [6.07, 6.45) is 8.10. The first-order valence-electron chi connectivity index (χ1n) is 19.5. The van der Waals surface area contributed by atoms with Crippen molar-refractivity contribution >= 4 is 28.7 Å². The van der Waals surface area contributed by atoms with Crippen LogP contribution in [0.4, 0.5) is 0 Å². The molecule has 2 aliphatic carbocycles. The van der Waals surface area contributed by atoms with Crippen molar-refractivity contribution in [3.05, 3.63) is 53.3 Å². The Morgan fingerprint density at radius 1 is 1.12 bits per heavy atom. The third kappa shape index (κ3) is 7.13. The number of carbonyl (C=O) groups excluding carboxylic acids is 3. The number of pyridine rings is 1. The van der Waals surface area contributed by atoms with E-state index in [2.05, 4.69) is 74.2 Å². The summed E-state index contributed by atoms with van der Waals surface area (Å²) >= 11 is 0. The van der Waals surface area contributed by atoms with E-state index in [1.807, 2.05) is 19.2 Å². The first-order chi connectivity index (χ1) is 24.8. The fourth-order valence-electron chi connectivity index (χ4n) is 8.89. The Kier molecular flexibility index (Phi) is 10.0. The van der Waals surface area contributed by atoms with Crippen molar-refractivity contribution < 1.29 is 23.9 Å². The highest BCUT2D eigenvalue weighted by molar-refractivity contribution is 5.93. The molecule has 10 heteroatoms. The molecule has 7 rings (SSSR count). The highest BCUT2D eigenvalue weighted by Crippen LogP contribution is 2.53. The molecule has 2 N–H and O–H groups in total. The molecule has 52 heavy (non-hydrogen) atoms. The maximum absolute atomic E-state index is 14.1. The van der Waals surface area contributed by atoms with Crippen molar-refractivity contribution in [1.82, 2.24) is 25.3 Å². The summed E-state index contributed by atoms with van der Waals surface area (Å²) in [4.78, 5) is 45.9. The van der Waals surface area contributed by atoms with Crippen molar-refractivity contribution in [1.29, 1.82) is 0 Å². The van der Waals surface area contributed by atoms with Crippen LogP contribution in [0.5, 0.6) is 0 Å². The van der Waals surface area contributed by atoms with Gasteiger partial charge in [-0.2, -0.15) is 0 Å². The number of amides is 2. The fraction of sp³-hybridized carbons (Fsp3) is 0.619. The third-order valence-electron chi connectivity index (χ3n) is 12.6. The summed E-state index contributed by atoms with van der Waals surface area (Å²) < 4.78 is 14.3. The van der Waals surface area contributed by atoms with Gasteiger partial charge in [-0.05, 0) is 118 Å². The van der Waals surface area contributed by atoms with E-state index < -0.39 is 17.5 Å². The highest BCUT2D eigenvalue weighted by atomic mass is 16.5. The highest BCUT2D eigenvalue weighted by Gasteiger charge is 2.50. The van der Waals surface area contributed by atoms with Crippen LogP contribution in [0.25, 0.3) is 22.2 Å². The van der Waals surface area contributed by atoms with Gasteiger partial charge in [0, 0.05) is 54.2 Å². The number of benzene rings is 1. The number of hydrogen-bond acceptors (Lipinski definition) is 7. The smallest absolute Gasteiger partial charge is 0.324 e. The molecular formula is C42H57N5O5. The molecule has 6 atom stereocenters. The minimum Gasteiger partial charge on any atom is -0.464 e. The molecule has 3 fully saturated rings. The fourth-order valence-corrected chi connectivity index (χ4v) is 8.89. The summed E-state index contributed by atoms with van der Waals surface area (Å²) in [6.45, 7) is 14.2. The van der Waals surface area contributed by atoms with Crippen LogP contribution in [0.1, 0.15) is 103 Å². The summed E-state index contributed by atoms with van der Waals surface area (Å²) in [7, 11) is 1.72. The van der Waals surface area contributed by atoms with Gasteiger partial charge in [0.2, 0.25) is 5.91 Å². The first-order valence-corrected chi connectivity index (χ1v) is 19.5. The standard InChI is InChI=1S/C42H57N5O5/c1-8-46-34-14-13-28-21-30(34)31(37(46)29-11-9-19-43-36(29)27(4)51-7)23-41(5,6)24-52-40(50)33-12-10-20-47(45-33)39(49)32(15-16-42(22-28)17-18-42)44-38(48)35-25(2)26(35)3/h9,11,13-14,19,21,25-27,32-33,35,45H,8,10,12,15-18,20,22-24H2,1-7H3,(H,44,48)/t25-,26+,27-,32-,33-,35?/m0/s1. The van der Waals surface area contributed by atoms with Gasteiger partial charge < -0.3 is 19.4 Å². The van der Waals surface area contributed by atoms with Crippen LogP contribution in [0.3, 0.4) is 0 Å². The molecule has 4 bridgehead atoms. The number of rotatable bonds is 6. The number of carbonyl (C=O) groups is 3. The van der Waals surface area contributed by atoms with E-state index in [4.69, 9.17) is 14.5 Å². The number of ether oxygens (including phenoxy) is 2. The van der Waals surface area contributed by atoms with Gasteiger partial charge in [0.05, 0.1) is 24.1 Å². The first kappa shape index (κ1) is 36.6. The Morgan fingerprint density at radius 2 is 1.88 bits per heavy atom. The molecule has 2 aliphatic heterocycles. The second kappa shape index (κ2) is 14.2. The van der Waals surface area contributed by atoms with Gasteiger partial charge in [-0.1, -0.05) is 33.8 Å². The second-order valence-corrected chi connectivity index (χ2v) is 17.0. The van der Waals surface area contributed by atoms with E-state index in [9.17, 15) is 14.4 Å². The van der Waals surface area contributed by atoms with Gasteiger partial charge in [-0.3, -0.25) is 24.4 Å². The maximum atomic E-state index is 14.1. The summed E-state index contributed by atoms with van der Waals surface area (Å²) in [5, 5.41) is 5.95. The van der Waals surface area contributed by atoms with Gasteiger partial charge >= 0.3 is 5.97 Å². The van der Waals surface area contributed by atoms with Crippen molar-refractivity contribution in [3.63, 3.8) is 0 Å². The van der Waals surface area contributed by atoms with E-state index in [1.165, 1.54) is 22.0 Å². The maximum Gasteiger partial charge on any atom is 0.324 e. The Balaban J connectivity index is 1.29. The lowest BCUT2D eigenvalue weighted by Gasteiger charge is -2.36. The number of aryl methyl sites for hydroxylation is 1. The molecule has 0 radical (unpaired) electrons. The number of aromatic nitrogens is 2. The summed E-state index contributed by atoms with van der Waals surface area (Å²) in [5.74, 6) is 0.0189. The Bertz CT molecular complexity index is 1840. The average molecular weight is 712 g/mol. The van der Waals surface area contributed by atoms with E-state index >= 15 is 0 Å². The molecular weight excluding hydrogens is 654 g/mol. The van der Waals surface area contributed by atoms with Crippen LogP contribution < -0.4 is 10.7 Å². The van der Waals surface area contributed by atoms with Crippen molar-refractivity contribution in [2.24, 2.45) is 28.6 Å². The predicted octanol–water partition coefficient (Wildman–Crippen LogP) is 6.54. The number of methoxy groups -OCH3 is 1. The number of nitrogens with one attached hydrogen (secondary N) is 2. The molecule has 1 unspecified atom stereocenters. The third-order valence-corrected chi connectivity index (χ3v) is 12.6. The quantitative estimate of drug-likeness (QED) is 0.279. The summed E-state index contributed by atoms with van der Waals surface area (Å²) in [6, 6.07) is 9.78. The Labute approximate surface area is 308 Å². The normalized spacial score (nSPS) is 27.9. The zero-order valence-electron chi connectivity index (χ0n) is 32.1. The molecule has 4 aliphatic rings. The molecule has 2 aromatic heterocycles. The number of hydrogen-bond donors (Lipinski definition) is 2. The van der Waals surface area contributed by atoms with Crippen LogP contribution in [0.2, 0.25) is 0 Å². The van der Waals surface area contributed by atoms with Crippen LogP contribution in [-0.2, 0) is 43.2 Å². The van der Waals surface area contributed by atoms with E-state index in [0.717, 1.165) is 49.2 Å². The molecule has 2 amide bonds. The monoisotopic (exact) mass is 711 g/mol. The van der Waals surface area contributed by atoms with Crippen LogP contribution in [0.15, 0.2) is 36.5 Å².